The first kappa shape index (κ1) is 25.3. The van der Waals surface area contributed by atoms with Crippen molar-refractivity contribution in [3.8, 4) is 0 Å². The number of amides is 2. The average Bonchev–Trinajstić information content (AvgIpc) is 3.25. The zero-order valence-corrected chi connectivity index (χ0v) is 23.1. The van der Waals surface area contributed by atoms with Crippen LogP contribution in [0.5, 0.6) is 0 Å². The molecule has 7 nitrogen and oxygen atoms in total. The number of carbonyl (C=O) groups excluding carboxylic acids is 2. The van der Waals surface area contributed by atoms with Gasteiger partial charge < -0.3 is 9.80 Å². The predicted molar refractivity (Wildman–Crippen MR) is 140 cm³/mol. The van der Waals surface area contributed by atoms with Gasteiger partial charge in [-0.2, -0.15) is 4.31 Å². The van der Waals surface area contributed by atoms with Crippen LogP contribution in [0.2, 0.25) is 0 Å². The largest absolute Gasteiger partial charge is 0.315 e. The van der Waals surface area contributed by atoms with E-state index in [2.05, 4.69) is 31.9 Å². The zero-order valence-electron chi connectivity index (χ0n) is 19.1. The zero-order chi connectivity index (χ0) is 24.6. The van der Waals surface area contributed by atoms with Crippen molar-refractivity contribution in [3.05, 3.63) is 50.9 Å². The van der Waals surface area contributed by atoms with E-state index >= 15 is 0 Å². The molecule has 0 bridgehead atoms. The fraction of sp³-hybridized carbons (Fsp3) is 0.417. The second-order valence-electron chi connectivity index (χ2n) is 8.64. The Morgan fingerprint density at radius 2 is 1.82 bits per heavy atom. The highest BCUT2D eigenvalue weighted by molar-refractivity contribution is 9.10. The summed E-state index contributed by atoms with van der Waals surface area (Å²) in [5.41, 5.74) is 2.37. The average molecular weight is 613 g/mol. The lowest BCUT2D eigenvalue weighted by Crippen LogP contribution is -2.46. The summed E-state index contributed by atoms with van der Waals surface area (Å²) in [5, 5.41) is 0. The normalized spacial score (nSPS) is 18.6. The third-order valence-electron chi connectivity index (χ3n) is 6.53. The Hall–Kier alpha value is -1.75. The second-order valence-corrected chi connectivity index (χ2v) is 12.3. The standard InChI is InChI=1S/C24H27Br2N3O4S/c1-3-23(30)29-12-10-16-13-20(26)22(14-21(16)29)34(32,33)28-11-4-5-17(15-28)24(31)27(2)19-8-6-18(25)7-9-19/h6-9,13-14,17H,3-5,10-12,15H2,1-2H3. The fourth-order valence-corrected chi connectivity index (χ4v) is 7.46. The predicted octanol–water partition coefficient (Wildman–Crippen LogP) is 4.57. The molecule has 2 amide bonds. The van der Waals surface area contributed by atoms with Crippen molar-refractivity contribution in [3.63, 3.8) is 0 Å². The number of fused-ring (bicyclic) bond motifs is 1. The fourth-order valence-electron chi connectivity index (χ4n) is 4.60. The molecule has 2 heterocycles. The van der Waals surface area contributed by atoms with Crippen molar-refractivity contribution < 1.29 is 18.0 Å². The SMILES string of the molecule is CCC(=O)N1CCc2cc(Br)c(S(=O)(=O)N3CCCC(C(=O)N(C)c4ccc(Br)cc4)C3)cc21. The minimum Gasteiger partial charge on any atom is -0.315 e. The summed E-state index contributed by atoms with van der Waals surface area (Å²) in [4.78, 5) is 28.9. The maximum atomic E-state index is 13.7. The van der Waals surface area contributed by atoms with Gasteiger partial charge in [-0.05, 0) is 77.2 Å². The first-order valence-electron chi connectivity index (χ1n) is 11.3. The highest BCUT2D eigenvalue weighted by Crippen LogP contribution is 2.38. The molecule has 0 spiro atoms. The number of carbonyl (C=O) groups is 2. The summed E-state index contributed by atoms with van der Waals surface area (Å²) in [7, 11) is -2.14. The Labute approximate surface area is 217 Å². The van der Waals surface area contributed by atoms with Crippen LogP contribution in [-0.2, 0) is 26.0 Å². The van der Waals surface area contributed by atoms with Crippen molar-refractivity contribution in [1.82, 2.24) is 4.31 Å². The summed E-state index contributed by atoms with van der Waals surface area (Å²) in [6.07, 6.45) is 2.30. The van der Waals surface area contributed by atoms with E-state index in [4.69, 9.17) is 0 Å². The van der Waals surface area contributed by atoms with E-state index in [1.807, 2.05) is 24.3 Å². The molecule has 2 aromatic rings. The lowest BCUT2D eigenvalue weighted by atomic mass is 9.98. The number of nitrogens with zero attached hydrogens (tertiary/aromatic N) is 3. The van der Waals surface area contributed by atoms with E-state index in [1.54, 1.807) is 35.9 Å². The second kappa shape index (κ2) is 10.1. The summed E-state index contributed by atoms with van der Waals surface area (Å²) >= 11 is 6.84. The Bertz CT molecular complexity index is 1220. The molecule has 1 saturated heterocycles. The van der Waals surface area contributed by atoms with Crippen LogP contribution in [0.25, 0.3) is 0 Å². The molecular formula is C24H27Br2N3O4S. The molecule has 2 aliphatic heterocycles. The summed E-state index contributed by atoms with van der Waals surface area (Å²) in [6, 6.07) is 10.9. The van der Waals surface area contributed by atoms with E-state index in [0.717, 1.165) is 15.7 Å². The number of hydrogen-bond donors (Lipinski definition) is 0. The lowest BCUT2D eigenvalue weighted by molar-refractivity contribution is -0.123. The number of piperidine rings is 1. The van der Waals surface area contributed by atoms with Crippen LogP contribution in [0.4, 0.5) is 11.4 Å². The molecule has 2 aliphatic rings. The van der Waals surface area contributed by atoms with Crippen molar-refractivity contribution in [2.45, 2.75) is 37.5 Å². The van der Waals surface area contributed by atoms with Crippen molar-refractivity contribution in [2.24, 2.45) is 5.92 Å². The molecule has 0 N–H and O–H groups in total. The van der Waals surface area contributed by atoms with Gasteiger partial charge in [-0.1, -0.05) is 22.9 Å². The summed E-state index contributed by atoms with van der Waals surface area (Å²) < 4.78 is 30.1. The molecule has 34 heavy (non-hydrogen) atoms. The molecule has 0 saturated carbocycles. The first-order chi connectivity index (χ1) is 16.1. The van der Waals surface area contributed by atoms with E-state index in [9.17, 15) is 18.0 Å². The van der Waals surface area contributed by atoms with Gasteiger partial charge in [0.25, 0.3) is 0 Å². The van der Waals surface area contributed by atoms with E-state index in [0.29, 0.717) is 48.9 Å². The van der Waals surface area contributed by atoms with Crippen LogP contribution in [0.15, 0.2) is 50.2 Å². The van der Waals surface area contributed by atoms with Crippen LogP contribution < -0.4 is 9.80 Å². The highest BCUT2D eigenvalue weighted by Gasteiger charge is 2.37. The molecule has 1 fully saturated rings. The molecule has 1 atom stereocenters. The quantitative estimate of drug-likeness (QED) is 0.495. The van der Waals surface area contributed by atoms with Gasteiger partial charge in [0, 0.05) is 53.4 Å². The molecule has 0 radical (unpaired) electrons. The number of anilines is 2. The first-order valence-corrected chi connectivity index (χ1v) is 14.3. The smallest absolute Gasteiger partial charge is 0.244 e. The van der Waals surface area contributed by atoms with E-state index in [1.165, 1.54) is 4.31 Å². The number of hydrogen-bond acceptors (Lipinski definition) is 4. The minimum absolute atomic E-state index is 0.0240. The Morgan fingerprint density at radius 1 is 1.12 bits per heavy atom. The molecule has 4 rings (SSSR count). The third kappa shape index (κ3) is 4.82. The molecule has 0 aliphatic carbocycles. The molecule has 0 aromatic heterocycles. The van der Waals surface area contributed by atoms with Crippen molar-refractivity contribution >= 4 is 65.1 Å². The molecular weight excluding hydrogens is 586 g/mol. The lowest BCUT2D eigenvalue weighted by Gasteiger charge is -2.33. The summed E-state index contributed by atoms with van der Waals surface area (Å²) in [6.45, 7) is 2.84. The van der Waals surface area contributed by atoms with E-state index in [-0.39, 0.29) is 23.3 Å². The minimum atomic E-state index is -3.86. The van der Waals surface area contributed by atoms with Crippen molar-refractivity contribution in [2.75, 3.05) is 36.5 Å². The van der Waals surface area contributed by atoms with Gasteiger partial charge >= 0.3 is 0 Å². The molecule has 10 heteroatoms. The number of rotatable bonds is 5. The van der Waals surface area contributed by atoms with Gasteiger partial charge in [0.2, 0.25) is 21.8 Å². The van der Waals surface area contributed by atoms with Gasteiger partial charge in [-0.25, -0.2) is 8.42 Å². The van der Waals surface area contributed by atoms with Crippen LogP contribution in [0, 0.1) is 5.92 Å². The number of benzene rings is 2. The Morgan fingerprint density at radius 3 is 2.50 bits per heavy atom. The van der Waals surface area contributed by atoms with Crippen molar-refractivity contribution in [1.29, 1.82) is 0 Å². The van der Waals surface area contributed by atoms with Crippen LogP contribution in [0.1, 0.15) is 31.7 Å². The van der Waals surface area contributed by atoms with Gasteiger partial charge in [-0.15, -0.1) is 0 Å². The van der Waals surface area contributed by atoms with Gasteiger partial charge in [0.15, 0.2) is 0 Å². The molecule has 2 aromatic carbocycles. The Balaban J connectivity index is 1.58. The van der Waals surface area contributed by atoms with Gasteiger partial charge in [-0.3, -0.25) is 9.59 Å². The van der Waals surface area contributed by atoms with Gasteiger partial charge in [0.05, 0.1) is 10.8 Å². The maximum Gasteiger partial charge on any atom is 0.244 e. The van der Waals surface area contributed by atoms with Crippen LogP contribution in [-0.4, -0.2) is 51.2 Å². The monoisotopic (exact) mass is 611 g/mol. The molecule has 182 valence electrons. The number of sulfonamides is 1. The Kier molecular flexibility index (Phi) is 7.52. The van der Waals surface area contributed by atoms with Crippen LogP contribution >= 0.6 is 31.9 Å². The van der Waals surface area contributed by atoms with Crippen LogP contribution in [0.3, 0.4) is 0 Å². The summed E-state index contributed by atoms with van der Waals surface area (Å²) in [5.74, 6) is -0.553. The van der Waals surface area contributed by atoms with E-state index < -0.39 is 15.9 Å². The maximum absolute atomic E-state index is 13.7. The van der Waals surface area contributed by atoms with Gasteiger partial charge in [0.1, 0.15) is 0 Å². The molecule has 1 unspecified atom stereocenters. The highest BCUT2D eigenvalue weighted by atomic mass is 79.9. The number of halogens is 2. The third-order valence-corrected chi connectivity index (χ3v) is 9.88. The topological polar surface area (TPSA) is 78.0 Å².